The van der Waals surface area contributed by atoms with E-state index in [1.807, 2.05) is 0 Å². The average molecular weight is 370 g/mol. The van der Waals surface area contributed by atoms with E-state index in [-0.39, 0.29) is 5.56 Å². The second-order valence-electron chi connectivity index (χ2n) is 4.16. The number of carbonyl (C=O) groups excluding carboxylic acids is 1. The van der Waals surface area contributed by atoms with E-state index >= 15 is 0 Å². The zero-order chi connectivity index (χ0) is 15.4. The van der Waals surface area contributed by atoms with Crippen molar-refractivity contribution in [1.29, 1.82) is 0 Å². The predicted molar refractivity (Wildman–Crippen MR) is 82.7 cm³/mol. The number of carboxylic acid groups (broad SMARTS) is 1. The Morgan fingerprint density at radius 3 is 2.67 bits per heavy atom. The van der Waals surface area contributed by atoms with E-state index in [2.05, 4.69) is 20.9 Å². The summed E-state index contributed by atoms with van der Waals surface area (Å²) in [4.78, 5) is 28.6. The van der Waals surface area contributed by atoms with Crippen molar-refractivity contribution in [2.24, 2.45) is 0 Å². The van der Waals surface area contributed by atoms with Crippen molar-refractivity contribution in [3.8, 4) is 0 Å². The van der Waals surface area contributed by atoms with Gasteiger partial charge in [0, 0.05) is 27.6 Å². The minimum Gasteiger partial charge on any atom is -0.480 e. The van der Waals surface area contributed by atoms with Crippen LogP contribution in [0, 0.1) is 0 Å². The van der Waals surface area contributed by atoms with Crippen LogP contribution >= 0.6 is 27.5 Å². The highest BCUT2D eigenvalue weighted by atomic mass is 79.9. The Labute approximate surface area is 134 Å². The summed E-state index contributed by atoms with van der Waals surface area (Å²) in [5.74, 6) is -1.58. The van der Waals surface area contributed by atoms with Crippen molar-refractivity contribution in [2.75, 3.05) is 11.4 Å². The molecule has 7 heteroatoms. The third kappa shape index (κ3) is 4.03. The molecule has 0 aliphatic rings. The maximum Gasteiger partial charge on any atom is 0.323 e. The smallest absolute Gasteiger partial charge is 0.323 e. The summed E-state index contributed by atoms with van der Waals surface area (Å²) < 4.78 is 0.634. The van der Waals surface area contributed by atoms with E-state index < -0.39 is 18.4 Å². The first-order chi connectivity index (χ1) is 9.97. The lowest BCUT2D eigenvalue weighted by Crippen LogP contribution is -2.35. The number of carboxylic acids is 1. The zero-order valence-corrected chi connectivity index (χ0v) is 13.0. The van der Waals surface area contributed by atoms with Crippen LogP contribution in [0.4, 0.5) is 5.69 Å². The molecule has 2 aromatic rings. The van der Waals surface area contributed by atoms with Crippen LogP contribution in [0.5, 0.6) is 0 Å². The van der Waals surface area contributed by atoms with Gasteiger partial charge in [0.2, 0.25) is 0 Å². The van der Waals surface area contributed by atoms with Gasteiger partial charge in [0.25, 0.3) is 5.91 Å². The molecule has 0 saturated heterocycles. The van der Waals surface area contributed by atoms with Gasteiger partial charge in [-0.25, -0.2) is 0 Å². The van der Waals surface area contributed by atoms with Crippen LogP contribution in [0.25, 0.3) is 0 Å². The van der Waals surface area contributed by atoms with Crippen LogP contribution in [-0.4, -0.2) is 28.5 Å². The summed E-state index contributed by atoms with van der Waals surface area (Å²) in [6, 6.07) is 8.04. The summed E-state index contributed by atoms with van der Waals surface area (Å²) in [6.45, 7) is -0.467. The summed E-state index contributed by atoms with van der Waals surface area (Å²) in [7, 11) is 0. The summed E-state index contributed by atoms with van der Waals surface area (Å²) in [5, 5.41) is 9.43. The highest BCUT2D eigenvalue weighted by Crippen LogP contribution is 2.22. The summed E-state index contributed by atoms with van der Waals surface area (Å²) in [5.41, 5.74) is 0.695. The molecule has 0 bridgehead atoms. The number of pyridine rings is 1. The Kier molecular flexibility index (Phi) is 4.93. The van der Waals surface area contributed by atoms with Gasteiger partial charge in [0.05, 0.1) is 5.56 Å². The van der Waals surface area contributed by atoms with Crippen LogP contribution in [0.3, 0.4) is 0 Å². The van der Waals surface area contributed by atoms with Crippen molar-refractivity contribution in [3.05, 3.63) is 57.8 Å². The molecule has 0 unspecified atom stereocenters. The molecule has 21 heavy (non-hydrogen) atoms. The Morgan fingerprint density at radius 1 is 1.29 bits per heavy atom. The van der Waals surface area contributed by atoms with Gasteiger partial charge < -0.3 is 5.11 Å². The maximum absolute atomic E-state index is 12.5. The molecule has 1 heterocycles. The second-order valence-corrected chi connectivity index (χ2v) is 5.51. The van der Waals surface area contributed by atoms with Gasteiger partial charge in [-0.3, -0.25) is 19.5 Å². The highest BCUT2D eigenvalue weighted by Gasteiger charge is 2.21. The summed E-state index contributed by atoms with van der Waals surface area (Å²) >= 11 is 9.12. The third-order valence-electron chi connectivity index (χ3n) is 2.61. The fourth-order valence-corrected chi connectivity index (χ4v) is 2.29. The Morgan fingerprint density at radius 2 is 2.05 bits per heavy atom. The predicted octanol–water partition coefficient (Wildman–Crippen LogP) is 3.23. The number of nitrogens with zero attached hydrogens (tertiary/aromatic N) is 2. The molecule has 2 rings (SSSR count). The molecule has 0 atom stereocenters. The quantitative estimate of drug-likeness (QED) is 0.898. The van der Waals surface area contributed by atoms with E-state index in [9.17, 15) is 9.59 Å². The SMILES string of the molecule is O=C(O)CN(C(=O)c1cncc(Br)c1)c1cccc(Cl)c1. The van der Waals surface area contributed by atoms with Crippen LogP contribution in [0.2, 0.25) is 5.02 Å². The number of halogens is 2. The van der Waals surface area contributed by atoms with Gasteiger partial charge in [0.15, 0.2) is 0 Å². The van der Waals surface area contributed by atoms with E-state index in [0.29, 0.717) is 15.2 Å². The fourth-order valence-electron chi connectivity index (χ4n) is 1.74. The summed E-state index contributed by atoms with van der Waals surface area (Å²) in [6.07, 6.45) is 2.92. The molecule has 108 valence electrons. The molecule has 0 fully saturated rings. The van der Waals surface area contributed by atoms with Crippen LogP contribution in [0.1, 0.15) is 10.4 Å². The van der Waals surface area contributed by atoms with Crippen molar-refractivity contribution in [2.45, 2.75) is 0 Å². The number of aliphatic carboxylic acids is 1. The first kappa shape index (κ1) is 15.5. The van der Waals surface area contributed by atoms with Gasteiger partial charge >= 0.3 is 5.97 Å². The molecule has 5 nitrogen and oxygen atoms in total. The molecule has 1 N–H and O–H groups in total. The van der Waals surface area contributed by atoms with Gasteiger partial charge in [-0.15, -0.1) is 0 Å². The standard InChI is InChI=1S/C14H10BrClN2O3/c15-10-4-9(6-17-7-10)14(21)18(8-13(19)20)12-3-1-2-11(16)5-12/h1-7H,8H2,(H,19,20). The first-order valence-corrected chi connectivity index (χ1v) is 7.04. The van der Waals surface area contributed by atoms with Crippen LogP contribution in [0.15, 0.2) is 47.2 Å². The lowest BCUT2D eigenvalue weighted by Gasteiger charge is -2.21. The minimum atomic E-state index is -1.12. The molecular weight excluding hydrogens is 360 g/mol. The van der Waals surface area contributed by atoms with Gasteiger partial charge in [-0.2, -0.15) is 0 Å². The average Bonchev–Trinajstić information content (AvgIpc) is 2.44. The number of anilines is 1. The highest BCUT2D eigenvalue weighted by molar-refractivity contribution is 9.10. The molecule has 0 radical (unpaired) electrons. The molecule has 1 amide bonds. The number of carbonyl (C=O) groups is 2. The molecule has 0 aliphatic carbocycles. The normalized spacial score (nSPS) is 10.2. The van der Waals surface area contributed by atoms with Crippen LogP contribution in [-0.2, 0) is 4.79 Å². The van der Waals surface area contributed by atoms with Crippen molar-refractivity contribution >= 4 is 45.1 Å². The number of rotatable bonds is 4. The molecule has 0 aliphatic heterocycles. The lowest BCUT2D eigenvalue weighted by molar-refractivity contribution is -0.135. The monoisotopic (exact) mass is 368 g/mol. The largest absolute Gasteiger partial charge is 0.480 e. The van der Waals surface area contributed by atoms with Crippen LogP contribution < -0.4 is 4.90 Å². The Bertz CT molecular complexity index is 693. The molecule has 1 aromatic heterocycles. The number of amides is 1. The molecule has 1 aromatic carbocycles. The van der Waals surface area contributed by atoms with Crippen molar-refractivity contribution in [1.82, 2.24) is 4.98 Å². The number of aromatic nitrogens is 1. The molecule has 0 saturated carbocycles. The van der Waals surface area contributed by atoms with Gasteiger partial charge in [0.1, 0.15) is 6.54 Å². The topological polar surface area (TPSA) is 70.5 Å². The fraction of sp³-hybridized carbons (Fsp3) is 0.0714. The van der Waals surface area contributed by atoms with Crippen molar-refractivity contribution < 1.29 is 14.7 Å². The molecular formula is C14H10BrClN2O3. The van der Waals surface area contributed by atoms with Crippen molar-refractivity contribution in [3.63, 3.8) is 0 Å². The van der Waals surface area contributed by atoms with E-state index in [1.165, 1.54) is 18.5 Å². The number of hydrogen-bond acceptors (Lipinski definition) is 3. The van der Waals surface area contributed by atoms with Gasteiger partial charge in [-0.05, 0) is 40.2 Å². The minimum absolute atomic E-state index is 0.283. The molecule has 0 spiro atoms. The maximum atomic E-state index is 12.5. The number of benzene rings is 1. The Balaban J connectivity index is 2.40. The van der Waals surface area contributed by atoms with E-state index in [0.717, 1.165) is 4.90 Å². The second kappa shape index (κ2) is 6.69. The first-order valence-electron chi connectivity index (χ1n) is 5.87. The lowest BCUT2D eigenvalue weighted by atomic mass is 10.2. The zero-order valence-electron chi connectivity index (χ0n) is 10.7. The third-order valence-corrected chi connectivity index (χ3v) is 3.28. The van der Waals surface area contributed by atoms with Gasteiger partial charge in [-0.1, -0.05) is 17.7 Å². The van der Waals surface area contributed by atoms with E-state index in [4.69, 9.17) is 16.7 Å². The Hall–Kier alpha value is -1.92. The van der Waals surface area contributed by atoms with E-state index in [1.54, 1.807) is 24.3 Å². The number of hydrogen-bond donors (Lipinski definition) is 1.